The molecule has 0 aromatic rings. The van der Waals surface area contributed by atoms with Crippen LogP contribution < -0.4 is 0 Å². The number of amides is 2. The summed E-state index contributed by atoms with van der Waals surface area (Å²) in [5.74, 6) is -1.44. The van der Waals surface area contributed by atoms with E-state index in [0.717, 1.165) is 19.3 Å². The molecule has 1 aliphatic rings. The molecule has 0 aromatic heterocycles. The molecule has 6 heteroatoms. The van der Waals surface area contributed by atoms with Crippen molar-refractivity contribution in [2.45, 2.75) is 71.3 Å². The van der Waals surface area contributed by atoms with Gasteiger partial charge >= 0.3 is 5.97 Å². The number of hydrogen-bond donors (Lipinski definition) is 0. The monoisotopic (exact) mass is 299 g/mol. The summed E-state index contributed by atoms with van der Waals surface area (Å²) in [7, 11) is 0. The molecule has 0 bridgehead atoms. The average molecular weight is 299 g/mol. The Morgan fingerprint density at radius 1 is 1.24 bits per heavy atom. The minimum absolute atomic E-state index is 0.116. The number of imide groups is 1. The molecule has 1 heterocycles. The fourth-order valence-corrected chi connectivity index (χ4v) is 2.11. The minimum atomic E-state index is -0.549. The highest BCUT2D eigenvalue weighted by atomic mass is 16.7. The van der Waals surface area contributed by atoms with Gasteiger partial charge in [0.05, 0.1) is 5.60 Å². The molecule has 1 unspecified atom stereocenters. The Kier molecular flexibility index (Phi) is 6.81. The topological polar surface area (TPSA) is 72.9 Å². The number of ether oxygens (including phenoxy) is 1. The molecule has 120 valence electrons. The van der Waals surface area contributed by atoms with Crippen LogP contribution in [0.25, 0.3) is 0 Å². The van der Waals surface area contributed by atoms with Crippen molar-refractivity contribution in [3.05, 3.63) is 0 Å². The van der Waals surface area contributed by atoms with Crippen molar-refractivity contribution in [1.82, 2.24) is 5.06 Å². The molecule has 1 fully saturated rings. The SMILES string of the molecule is CCCOC(C)(CC)CCCC(=O)ON1C(=O)CCC1=O. The molecule has 0 N–H and O–H groups in total. The largest absolute Gasteiger partial charge is 0.375 e. The lowest BCUT2D eigenvalue weighted by Gasteiger charge is -2.28. The number of nitrogens with zero attached hydrogens (tertiary/aromatic N) is 1. The van der Waals surface area contributed by atoms with Gasteiger partial charge in [0, 0.05) is 25.9 Å². The fourth-order valence-electron chi connectivity index (χ4n) is 2.11. The van der Waals surface area contributed by atoms with Crippen molar-refractivity contribution in [3.63, 3.8) is 0 Å². The van der Waals surface area contributed by atoms with Crippen molar-refractivity contribution in [3.8, 4) is 0 Å². The van der Waals surface area contributed by atoms with Gasteiger partial charge in [-0.15, -0.1) is 5.06 Å². The second-order valence-corrected chi connectivity index (χ2v) is 5.55. The van der Waals surface area contributed by atoms with Crippen molar-refractivity contribution >= 4 is 17.8 Å². The van der Waals surface area contributed by atoms with E-state index in [1.54, 1.807) is 0 Å². The first kappa shape index (κ1) is 17.6. The Morgan fingerprint density at radius 3 is 2.38 bits per heavy atom. The normalized spacial score (nSPS) is 18.0. The van der Waals surface area contributed by atoms with Crippen molar-refractivity contribution < 1.29 is 24.0 Å². The minimum Gasteiger partial charge on any atom is -0.375 e. The van der Waals surface area contributed by atoms with Crippen LogP contribution in [-0.4, -0.2) is 35.1 Å². The number of rotatable bonds is 9. The first-order chi connectivity index (χ1) is 9.91. The predicted molar refractivity (Wildman–Crippen MR) is 76.0 cm³/mol. The summed E-state index contributed by atoms with van der Waals surface area (Å²) >= 11 is 0. The highest BCUT2D eigenvalue weighted by Gasteiger charge is 2.32. The molecule has 0 saturated carbocycles. The first-order valence-corrected chi connectivity index (χ1v) is 7.62. The lowest BCUT2D eigenvalue weighted by molar-refractivity contribution is -0.197. The van der Waals surface area contributed by atoms with Crippen LogP contribution in [0, 0.1) is 0 Å². The van der Waals surface area contributed by atoms with Crippen molar-refractivity contribution in [1.29, 1.82) is 0 Å². The van der Waals surface area contributed by atoms with Gasteiger partial charge in [-0.3, -0.25) is 9.59 Å². The number of carbonyl (C=O) groups excluding carboxylic acids is 3. The molecule has 0 spiro atoms. The summed E-state index contributed by atoms with van der Waals surface area (Å²) in [5.41, 5.74) is -0.241. The molecular formula is C15H25NO5. The van der Waals surface area contributed by atoms with Crippen molar-refractivity contribution in [2.24, 2.45) is 0 Å². The summed E-state index contributed by atoms with van der Waals surface area (Å²) < 4.78 is 5.81. The number of carbonyl (C=O) groups is 3. The zero-order chi connectivity index (χ0) is 15.9. The Bertz CT molecular complexity index is 380. The second kappa shape index (κ2) is 8.12. The molecule has 0 radical (unpaired) electrons. The molecular weight excluding hydrogens is 274 g/mol. The average Bonchev–Trinajstić information content (AvgIpc) is 2.77. The van der Waals surface area contributed by atoms with E-state index < -0.39 is 17.8 Å². The fraction of sp³-hybridized carbons (Fsp3) is 0.800. The third-order valence-electron chi connectivity index (χ3n) is 3.69. The van der Waals surface area contributed by atoms with Gasteiger partial charge < -0.3 is 9.57 Å². The quantitative estimate of drug-likeness (QED) is 0.611. The van der Waals surface area contributed by atoms with Crippen molar-refractivity contribution in [2.75, 3.05) is 6.61 Å². The Balaban J connectivity index is 2.32. The van der Waals surface area contributed by atoms with E-state index >= 15 is 0 Å². The van der Waals surface area contributed by atoms with Crippen LogP contribution in [0.5, 0.6) is 0 Å². The Hall–Kier alpha value is -1.43. The third-order valence-corrected chi connectivity index (χ3v) is 3.69. The zero-order valence-corrected chi connectivity index (χ0v) is 13.1. The van der Waals surface area contributed by atoms with Gasteiger partial charge in [0.15, 0.2) is 0 Å². The van der Waals surface area contributed by atoms with Crippen LogP contribution in [0.4, 0.5) is 0 Å². The van der Waals surface area contributed by atoms with Crippen LogP contribution in [0.3, 0.4) is 0 Å². The second-order valence-electron chi connectivity index (χ2n) is 5.55. The summed E-state index contributed by atoms with van der Waals surface area (Å²) in [6.07, 6.45) is 3.56. The molecule has 1 rings (SSSR count). The van der Waals surface area contributed by atoms with Gasteiger partial charge in [0.1, 0.15) is 0 Å². The van der Waals surface area contributed by atoms with E-state index in [1.807, 2.05) is 6.92 Å². The number of hydrogen-bond acceptors (Lipinski definition) is 5. The van der Waals surface area contributed by atoms with E-state index in [-0.39, 0.29) is 24.9 Å². The maximum atomic E-state index is 11.7. The Morgan fingerprint density at radius 2 is 1.86 bits per heavy atom. The third kappa shape index (κ3) is 5.46. The van der Waals surface area contributed by atoms with E-state index in [1.165, 1.54) is 0 Å². The van der Waals surface area contributed by atoms with E-state index in [2.05, 4.69) is 13.8 Å². The maximum absolute atomic E-state index is 11.7. The first-order valence-electron chi connectivity index (χ1n) is 7.62. The van der Waals surface area contributed by atoms with Gasteiger partial charge in [-0.2, -0.15) is 0 Å². The highest BCUT2D eigenvalue weighted by Crippen LogP contribution is 2.23. The predicted octanol–water partition coefficient (Wildman–Crippen LogP) is 2.36. The standard InChI is InChI=1S/C15H25NO5/c1-4-11-20-15(3,5-2)10-6-7-14(19)21-16-12(17)8-9-13(16)18/h4-11H2,1-3H3. The molecule has 2 amide bonds. The zero-order valence-electron chi connectivity index (χ0n) is 13.1. The molecule has 0 aliphatic carbocycles. The maximum Gasteiger partial charge on any atom is 0.333 e. The van der Waals surface area contributed by atoms with Gasteiger partial charge in [0.2, 0.25) is 0 Å². The van der Waals surface area contributed by atoms with Crippen LogP contribution in [0.1, 0.15) is 65.7 Å². The van der Waals surface area contributed by atoms with E-state index in [0.29, 0.717) is 18.1 Å². The van der Waals surface area contributed by atoms with Crippen LogP contribution in [-0.2, 0) is 24.0 Å². The summed E-state index contributed by atoms with van der Waals surface area (Å²) in [6.45, 7) is 6.83. The highest BCUT2D eigenvalue weighted by molar-refractivity contribution is 6.01. The summed E-state index contributed by atoms with van der Waals surface area (Å²) in [5, 5.41) is 0.592. The summed E-state index contributed by atoms with van der Waals surface area (Å²) in [4.78, 5) is 39.1. The lowest BCUT2D eigenvalue weighted by atomic mass is 9.96. The van der Waals surface area contributed by atoms with Gasteiger partial charge in [-0.1, -0.05) is 13.8 Å². The van der Waals surface area contributed by atoms with Gasteiger partial charge in [-0.25, -0.2) is 4.79 Å². The summed E-state index contributed by atoms with van der Waals surface area (Å²) in [6, 6.07) is 0. The van der Waals surface area contributed by atoms with E-state index in [4.69, 9.17) is 9.57 Å². The Labute approximate surface area is 125 Å². The van der Waals surface area contributed by atoms with Crippen LogP contribution in [0.2, 0.25) is 0 Å². The molecule has 0 aromatic carbocycles. The number of hydroxylamine groups is 2. The van der Waals surface area contributed by atoms with E-state index in [9.17, 15) is 14.4 Å². The molecule has 21 heavy (non-hydrogen) atoms. The van der Waals surface area contributed by atoms with Crippen LogP contribution in [0.15, 0.2) is 0 Å². The van der Waals surface area contributed by atoms with Gasteiger partial charge in [-0.05, 0) is 32.6 Å². The van der Waals surface area contributed by atoms with Gasteiger partial charge in [0.25, 0.3) is 11.8 Å². The molecule has 1 atom stereocenters. The molecule has 1 aliphatic heterocycles. The molecule has 1 saturated heterocycles. The smallest absolute Gasteiger partial charge is 0.333 e. The lowest BCUT2D eigenvalue weighted by Crippen LogP contribution is -2.32. The molecule has 6 nitrogen and oxygen atoms in total. The van der Waals surface area contributed by atoms with Crippen LogP contribution >= 0.6 is 0 Å².